The molecule has 3 aliphatic rings. The van der Waals surface area contributed by atoms with Gasteiger partial charge in [0.05, 0.1) is 19.0 Å². The smallest absolute Gasteiger partial charge is 0.251 e. The van der Waals surface area contributed by atoms with Gasteiger partial charge in [-0.3, -0.25) is 9.59 Å². The highest BCUT2D eigenvalue weighted by Crippen LogP contribution is 2.40. The number of hydrogen-bond donors (Lipinski definition) is 1. The van der Waals surface area contributed by atoms with Crippen molar-refractivity contribution in [3.05, 3.63) is 30.0 Å². The third-order valence-electron chi connectivity index (χ3n) is 7.46. The number of methoxy groups -OCH3 is 1. The lowest BCUT2D eigenvalue weighted by molar-refractivity contribution is -0.118. The number of nitrogens with one attached hydrogen (secondary N) is 1. The van der Waals surface area contributed by atoms with Gasteiger partial charge >= 0.3 is 0 Å². The van der Waals surface area contributed by atoms with Crippen LogP contribution in [0.1, 0.15) is 42.5 Å². The SMILES string of the molecule is COc1cc(C(=O)NC2CCN(C)CC2)ccc1N(C)c1ncc2c(n1)N(C1CC1)CCC(=O)N2C. The van der Waals surface area contributed by atoms with E-state index in [-0.39, 0.29) is 17.9 Å². The summed E-state index contributed by atoms with van der Waals surface area (Å²) in [4.78, 5) is 42.9. The predicted octanol–water partition coefficient (Wildman–Crippen LogP) is 2.41. The number of piperidine rings is 1. The fourth-order valence-corrected chi connectivity index (χ4v) is 4.96. The number of fused-ring (bicyclic) bond motifs is 1. The number of aromatic nitrogens is 2. The molecular weight excluding hydrogens is 458 g/mol. The quantitative estimate of drug-likeness (QED) is 0.656. The summed E-state index contributed by atoms with van der Waals surface area (Å²) in [5, 5.41) is 3.16. The second-order valence-corrected chi connectivity index (χ2v) is 10.0. The number of rotatable bonds is 6. The third kappa shape index (κ3) is 4.82. The van der Waals surface area contributed by atoms with Crippen molar-refractivity contribution in [1.29, 1.82) is 0 Å². The van der Waals surface area contributed by atoms with E-state index in [2.05, 4.69) is 27.1 Å². The Bertz CT molecular complexity index is 1140. The Hall–Kier alpha value is -3.40. The van der Waals surface area contributed by atoms with Crippen LogP contribution in [0.3, 0.4) is 0 Å². The van der Waals surface area contributed by atoms with Crippen molar-refractivity contribution in [3.63, 3.8) is 0 Å². The van der Waals surface area contributed by atoms with Gasteiger partial charge < -0.3 is 29.7 Å². The number of benzene rings is 1. The molecule has 5 rings (SSSR count). The minimum atomic E-state index is -0.0916. The highest BCUT2D eigenvalue weighted by Gasteiger charge is 2.36. The summed E-state index contributed by atoms with van der Waals surface area (Å²) in [5.74, 6) is 1.84. The highest BCUT2D eigenvalue weighted by atomic mass is 16.5. The van der Waals surface area contributed by atoms with Gasteiger partial charge in [-0.2, -0.15) is 4.98 Å². The van der Waals surface area contributed by atoms with Crippen molar-refractivity contribution in [2.24, 2.45) is 0 Å². The highest BCUT2D eigenvalue weighted by molar-refractivity contribution is 5.97. The van der Waals surface area contributed by atoms with Crippen molar-refractivity contribution in [2.45, 2.75) is 44.2 Å². The fraction of sp³-hybridized carbons (Fsp3) is 0.538. The second kappa shape index (κ2) is 9.93. The molecule has 10 nitrogen and oxygen atoms in total. The number of anilines is 4. The molecule has 1 aromatic heterocycles. The van der Waals surface area contributed by atoms with Crippen molar-refractivity contribution in [2.75, 3.05) is 62.6 Å². The first-order valence-electron chi connectivity index (χ1n) is 12.7. The molecule has 1 saturated carbocycles. The van der Waals surface area contributed by atoms with E-state index in [1.54, 1.807) is 31.3 Å². The van der Waals surface area contributed by atoms with Crippen molar-refractivity contribution in [3.8, 4) is 5.75 Å². The van der Waals surface area contributed by atoms with Crippen LogP contribution in [-0.2, 0) is 4.79 Å². The molecule has 192 valence electrons. The van der Waals surface area contributed by atoms with Gasteiger partial charge in [0.2, 0.25) is 11.9 Å². The number of carbonyl (C=O) groups is 2. The maximum atomic E-state index is 12.9. The maximum Gasteiger partial charge on any atom is 0.251 e. The van der Waals surface area contributed by atoms with Crippen molar-refractivity contribution >= 4 is 35.0 Å². The molecule has 2 aliphatic heterocycles. The van der Waals surface area contributed by atoms with E-state index in [1.807, 2.05) is 24.1 Å². The molecule has 10 heteroatoms. The van der Waals surface area contributed by atoms with Gasteiger partial charge in [0, 0.05) is 44.7 Å². The first-order chi connectivity index (χ1) is 17.4. The topological polar surface area (TPSA) is 94.1 Å². The monoisotopic (exact) mass is 493 g/mol. The van der Waals surface area contributed by atoms with Gasteiger partial charge in [-0.1, -0.05) is 0 Å². The van der Waals surface area contributed by atoms with Crippen LogP contribution >= 0.6 is 0 Å². The van der Waals surface area contributed by atoms with Crippen LogP contribution in [0.5, 0.6) is 5.75 Å². The van der Waals surface area contributed by atoms with Gasteiger partial charge in [-0.25, -0.2) is 4.98 Å². The second-order valence-electron chi connectivity index (χ2n) is 10.0. The molecule has 1 aromatic carbocycles. The average Bonchev–Trinajstić information content (AvgIpc) is 3.74. The number of likely N-dealkylation sites (tertiary alicyclic amines) is 1. The molecule has 0 bridgehead atoms. The fourth-order valence-electron chi connectivity index (χ4n) is 4.96. The molecule has 0 unspecified atom stereocenters. The van der Waals surface area contributed by atoms with Gasteiger partial charge in [0.15, 0.2) is 5.82 Å². The van der Waals surface area contributed by atoms with Gasteiger partial charge in [-0.15, -0.1) is 0 Å². The van der Waals surface area contributed by atoms with E-state index in [4.69, 9.17) is 9.72 Å². The lowest BCUT2D eigenvalue weighted by Crippen LogP contribution is -2.43. The van der Waals surface area contributed by atoms with Crippen molar-refractivity contribution < 1.29 is 14.3 Å². The molecule has 0 atom stereocenters. The zero-order valence-electron chi connectivity index (χ0n) is 21.5. The summed E-state index contributed by atoms with van der Waals surface area (Å²) >= 11 is 0. The minimum absolute atomic E-state index is 0.0693. The molecule has 0 spiro atoms. The molecule has 36 heavy (non-hydrogen) atoms. The summed E-state index contributed by atoms with van der Waals surface area (Å²) in [6.45, 7) is 2.63. The number of ether oxygens (including phenoxy) is 1. The summed E-state index contributed by atoms with van der Waals surface area (Å²) < 4.78 is 5.67. The lowest BCUT2D eigenvalue weighted by Gasteiger charge is -2.29. The first kappa shape index (κ1) is 24.3. The molecule has 1 saturated heterocycles. The molecule has 0 radical (unpaired) electrons. The van der Waals surface area contributed by atoms with E-state index in [9.17, 15) is 9.59 Å². The Balaban J connectivity index is 1.39. The Morgan fingerprint density at radius 3 is 2.58 bits per heavy atom. The Morgan fingerprint density at radius 2 is 1.89 bits per heavy atom. The van der Waals surface area contributed by atoms with E-state index in [0.717, 1.165) is 56.0 Å². The van der Waals surface area contributed by atoms with E-state index >= 15 is 0 Å². The van der Waals surface area contributed by atoms with Crippen LogP contribution in [0.15, 0.2) is 24.4 Å². The Kier molecular flexibility index (Phi) is 6.70. The summed E-state index contributed by atoms with van der Waals surface area (Å²) in [6.07, 6.45) is 6.32. The van der Waals surface area contributed by atoms with Crippen LogP contribution in [0.2, 0.25) is 0 Å². The van der Waals surface area contributed by atoms with Crippen LogP contribution < -0.4 is 24.8 Å². The Morgan fingerprint density at radius 1 is 1.14 bits per heavy atom. The molecule has 2 amide bonds. The Labute approximate surface area is 212 Å². The van der Waals surface area contributed by atoms with Crippen LogP contribution in [0, 0.1) is 0 Å². The molecule has 2 aromatic rings. The van der Waals surface area contributed by atoms with Crippen LogP contribution in [0.4, 0.5) is 23.1 Å². The normalized spacial score (nSPS) is 19.1. The largest absolute Gasteiger partial charge is 0.495 e. The average molecular weight is 494 g/mol. The molecular formula is C26H35N7O3. The van der Waals surface area contributed by atoms with E-state index in [0.29, 0.717) is 36.3 Å². The van der Waals surface area contributed by atoms with Crippen LogP contribution in [-0.4, -0.2) is 86.7 Å². The van der Waals surface area contributed by atoms with Crippen molar-refractivity contribution in [1.82, 2.24) is 20.2 Å². The van der Waals surface area contributed by atoms with Gasteiger partial charge in [0.25, 0.3) is 5.91 Å². The van der Waals surface area contributed by atoms with Gasteiger partial charge in [0.1, 0.15) is 11.4 Å². The molecule has 2 fully saturated rings. The third-order valence-corrected chi connectivity index (χ3v) is 7.46. The van der Waals surface area contributed by atoms with E-state index in [1.165, 1.54) is 0 Å². The standard InChI is InChI=1S/C26H35N7O3/c1-30-12-9-18(10-13-30)28-25(35)17-5-8-20(22(15-17)36-4)32(3)26-27-16-21-24(29-26)33(19-6-7-19)14-11-23(34)31(21)2/h5,8,15-16,18-19H,6-7,9-14H2,1-4H3,(H,28,35). The summed E-state index contributed by atoms with van der Waals surface area (Å²) in [6, 6.07) is 6.06. The number of carbonyl (C=O) groups excluding carboxylic acids is 2. The first-order valence-corrected chi connectivity index (χ1v) is 12.7. The van der Waals surface area contributed by atoms with Gasteiger partial charge in [-0.05, 0) is 64.0 Å². The zero-order chi connectivity index (χ0) is 25.4. The molecule has 1 N–H and O–H groups in total. The van der Waals surface area contributed by atoms with Crippen LogP contribution in [0.25, 0.3) is 0 Å². The lowest BCUT2D eigenvalue weighted by atomic mass is 10.0. The van der Waals surface area contributed by atoms with E-state index < -0.39 is 0 Å². The predicted molar refractivity (Wildman–Crippen MR) is 139 cm³/mol. The zero-order valence-corrected chi connectivity index (χ0v) is 21.5. The summed E-state index contributed by atoms with van der Waals surface area (Å²) in [5.41, 5.74) is 2.05. The summed E-state index contributed by atoms with van der Waals surface area (Å²) in [7, 11) is 7.36. The minimum Gasteiger partial charge on any atom is -0.495 e. The number of nitrogens with zero attached hydrogens (tertiary/aromatic N) is 6. The number of hydrogen-bond acceptors (Lipinski definition) is 8. The maximum absolute atomic E-state index is 12.9. The number of amides is 2. The molecule has 3 heterocycles. The molecule has 1 aliphatic carbocycles.